The van der Waals surface area contributed by atoms with Crippen molar-refractivity contribution in [3.05, 3.63) is 74.1 Å². The summed E-state index contributed by atoms with van der Waals surface area (Å²) in [5.41, 5.74) is 9.21. The molecule has 1 aliphatic carbocycles. The lowest BCUT2D eigenvalue weighted by Gasteiger charge is -2.43. The molecule has 1 atom stereocenters. The van der Waals surface area contributed by atoms with Crippen molar-refractivity contribution in [2.24, 2.45) is 11.1 Å². The summed E-state index contributed by atoms with van der Waals surface area (Å²) in [6.45, 7) is 6.11. The van der Waals surface area contributed by atoms with Gasteiger partial charge in [-0.3, -0.25) is 19.8 Å². The zero-order valence-electron chi connectivity index (χ0n) is 18.6. The summed E-state index contributed by atoms with van der Waals surface area (Å²) >= 11 is 3.27. The van der Waals surface area contributed by atoms with E-state index in [0.717, 1.165) is 21.2 Å². The van der Waals surface area contributed by atoms with Gasteiger partial charge in [0.1, 0.15) is 5.82 Å². The molecule has 0 bridgehead atoms. The van der Waals surface area contributed by atoms with E-state index in [-0.39, 0.29) is 22.7 Å². The first-order chi connectivity index (χ1) is 15.7. The Morgan fingerprint density at radius 1 is 1.36 bits per heavy atom. The second-order valence-corrected chi connectivity index (χ2v) is 11.3. The first-order valence-corrected chi connectivity index (χ1v) is 12.5. The molecule has 0 saturated carbocycles. The third-order valence-corrected chi connectivity index (χ3v) is 8.08. The number of non-ortho nitro benzene ring substituents is 1. The highest BCUT2D eigenvalue weighted by molar-refractivity contribution is 8.01. The number of ketones is 1. The van der Waals surface area contributed by atoms with Crippen LogP contribution in [0.2, 0.25) is 0 Å². The lowest BCUT2D eigenvalue weighted by atomic mass is 9.69. The van der Waals surface area contributed by atoms with Crippen molar-refractivity contribution in [3.8, 4) is 6.07 Å². The molecule has 1 aliphatic heterocycles. The highest BCUT2D eigenvalue weighted by atomic mass is 32.2. The molecule has 2 heterocycles. The van der Waals surface area contributed by atoms with Crippen molar-refractivity contribution < 1.29 is 9.72 Å². The minimum atomic E-state index is -0.538. The van der Waals surface area contributed by atoms with Crippen LogP contribution >= 0.6 is 23.1 Å². The van der Waals surface area contributed by atoms with Crippen LogP contribution < -0.4 is 10.6 Å². The summed E-state index contributed by atoms with van der Waals surface area (Å²) in [7, 11) is 0. The van der Waals surface area contributed by atoms with Crippen molar-refractivity contribution in [2.75, 3.05) is 10.7 Å². The monoisotopic (exact) mass is 480 g/mol. The van der Waals surface area contributed by atoms with E-state index in [4.69, 9.17) is 5.73 Å². The number of benzene rings is 1. The molecule has 33 heavy (non-hydrogen) atoms. The first-order valence-electron chi connectivity index (χ1n) is 10.6. The van der Waals surface area contributed by atoms with Gasteiger partial charge < -0.3 is 5.73 Å². The van der Waals surface area contributed by atoms with Gasteiger partial charge in [0.25, 0.3) is 5.69 Å². The quantitative estimate of drug-likeness (QED) is 0.331. The van der Waals surface area contributed by atoms with E-state index in [9.17, 15) is 20.2 Å². The molecule has 2 aliphatic rings. The second kappa shape index (κ2) is 8.69. The number of hydrogen-bond donors (Lipinski definition) is 1. The minimum Gasteiger partial charge on any atom is -0.384 e. The van der Waals surface area contributed by atoms with E-state index >= 15 is 0 Å². The number of carbonyl (C=O) groups excluding carboxylic acids is 1. The van der Waals surface area contributed by atoms with E-state index in [0.29, 0.717) is 29.7 Å². The van der Waals surface area contributed by atoms with Gasteiger partial charge in [-0.2, -0.15) is 5.26 Å². The standard InChI is InChI=1S/C24H24N4O3S2/c1-4-32-23-16(8-9-33-23)20-17(13-25)22(26)27(14-6-5-7-15(10-14)28(30)31)18-11-24(2,3)12-19(29)21(18)20/h5-10,20H,4,11-12,26H2,1-3H3/t20-/m0/s1. The van der Waals surface area contributed by atoms with Crippen LogP contribution in [0, 0.1) is 26.9 Å². The third-order valence-electron chi connectivity index (χ3n) is 5.92. The SMILES string of the molecule is CCSc1sccc1[C@H]1C(C#N)=C(N)N(c2cccc([N+](=O)[O-])c2)C2=C1C(=O)CC(C)(C)C2. The lowest BCUT2D eigenvalue weighted by molar-refractivity contribution is -0.384. The number of thiophene rings is 1. The van der Waals surface area contributed by atoms with Crippen LogP contribution in [0.1, 0.15) is 45.1 Å². The molecule has 2 aromatic rings. The molecular weight excluding hydrogens is 456 g/mol. The minimum absolute atomic E-state index is 0.0134. The van der Waals surface area contributed by atoms with Gasteiger partial charge in [-0.1, -0.05) is 26.8 Å². The van der Waals surface area contributed by atoms with Gasteiger partial charge in [0.2, 0.25) is 0 Å². The highest BCUT2D eigenvalue weighted by Crippen LogP contribution is 2.52. The molecule has 0 fully saturated rings. The maximum absolute atomic E-state index is 13.6. The smallest absolute Gasteiger partial charge is 0.271 e. The molecule has 170 valence electrons. The van der Waals surface area contributed by atoms with Gasteiger partial charge in [0, 0.05) is 29.8 Å². The number of Topliss-reactive ketones (excluding diaryl/α,β-unsaturated/α-hetero) is 1. The number of anilines is 1. The number of carbonyl (C=O) groups is 1. The second-order valence-electron chi connectivity index (χ2n) is 8.85. The molecule has 1 aromatic carbocycles. The third kappa shape index (κ3) is 4.05. The zero-order valence-corrected chi connectivity index (χ0v) is 20.3. The van der Waals surface area contributed by atoms with Gasteiger partial charge in [-0.05, 0) is 40.7 Å². The normalized spacial score (nSPS) is 20.0. The van der Waals surface area contributed by atoms with Crippen molar-refractivity contribution in [3.63, 3.8) is 0 Å². The van der Waals surface area contributed by atoms with E-state index in [1.165, 1.54) is 12.1 Å². The van der Waals surface area contributed by atoms with Crippen molar-refractivity contribution in [1.29, 1.82) is 5.26 Å². The zero-order chi connectivity index (χ0) is 23.9. The van der Waals surface area contributed by atoms with Crippen LogP contribution in [0.5, 0.6) is 0 Å². The van der Waals surface area contributed by atoms with Gasteiger partial charge in [-0.25, -0.2) is 0 Å². The largest absolute Gasteiger partial charge is 0.384 e. The Morgan fingerprint density at radius 3 is 2.79 bits per heavy atom. The molecule has 4 rings (SSSR count). The number of nitro benzene ring substituents is 1. The topological polar surface area (TPSA) is 113 Å². The van der Waals surface area contributed by atoms with Gasteiger partial charge in [0.05, 0.1) is 32.4 Å². The average molecular weight is 481 g/mol. The molecule has 0 amide bonds. The Bertz CT molecular complexity index is 1250. The number of nitro groups is 1. The Kier molecular flexibility index (Phi) is 6.08. The van der Waals surface area contributed by atoms with Gasteiger partial charge >= 0.3 is 0 Å². The summed E-state index contributed by atoms with van der Waals surface area (Å²) in [6.07, 6.45) is 0.928. The van der Waals surface area contributed by atoms with Gasteiger partial charge in [0.15, 0.2) is 5.78 Å². The summed E-state index contributed by atoms with van der Waals surface area (Å²) < 4.78 is 1.07. The molecule has 7 nitrogen and oxygen atoms in total. The molecule has 0 radical (unpaired) electrons. The summed E-state index contributed by atoms with van der Waals surface area (Å²) in [4.78, 5) is 26.2. The van der Waals surface area contributed by atoms with Crippen LogP contribution in [0.25, 0.3) is 0 Å². The maximum atomic E-state index is 13.6. The number of nitriles is 1. The summed E-state index contributed by atoms with van der Waals surface area (Å²) in [6, 6.07) is 10.4. The number of nitrogens with zero attached hydrogens (tertiary/aromatic N) is 3. The van der Waals surface area contributed by atoms with Crippen LogP contribution in [-0.4, -0.2) is 16.5 Å². The Balaban J connectivity index is 1.99. The van der Waals surface area contributed by atoms with Crippen LogP contribution in [0.3, 0.4) is 0 Å². The number of thioether (sulfide) groups is 1. The van der Waals surface area contributed by atoms with Crippen molar-refractivity contribution >= 4 is 40.3 Å². The Hall–Kier alpha value is -3.09. The first kappa shape index (κ1) is 23.1. The number of allylic oxidation sites excluding steroid dienone is 3. The predicted octanol–water partition coefficient (Wildman–Crippen LogP) is 5.71. The van der Waals surface area contributed by atoms with Gasteiger partial charge in [-0.15, -0.1) is 23.1 Å². The predicted molar refractivity (Wildman–Crippen MR) is 131 cm³/mol. The van der Waals surface area contributed by atoms with Crippen LogP contribution in [0.15, 0.2) is 62.6 Å². The fraction of sp³-hybridized carbons (Fsp3) is 0.333. The maximum Gasteiger partial charge on any atom is 0.271 e. The molecule has 9 heteroatoms. The van der Waals surface area contributed by atoms with E-state index in [1.54, 1.807) is 40.1 Å². The summed E-state index contributed by atoms with van der Waals surface area (Å²) in [5, 5.41) is 23.6. The Morgan fingerprint density at radius 2 is 2.12 bits per heavy atom. The number of nitrogens with two attached hydrogens (primary N) is 1. The molecule has 0 unspecified atom stereocenters. The lowest BCUT2D eigenvalue weighted by Crippen LogP contribution is -2.42. The van der Waals surface area contributed by atoms with Crippen molar-refractivity contribution in [2.45, 2.75) is 43.7 Å². The van der Waals surface area contributed by atoms with Crippen LogP contribution in [-0.2, 0) is 4.79 Å². The molecule has 0 saturated heterocycles. The van der Waals surface area contributed by atoms with E-state index in [2.05, 4.69) is 13.0 Å². The fourth-order valence-corrected chi connectivity index (χ4v) is 6.70. The number of hydrogen-bond acceptors (Lipinski definition) is 8. The average Bonchev–Trinajstić information content (AvgIpc) is 3.20. The van der Waals surface area contributed by atoms with E-state index < -0.39 is 10.8 Å². The Labute approximate surface area is 200 Å². The fourth-order valence-electron chi connectivity index (χ4n) is 4.63. The molecular formula is C24H24N4O3S2. The van der Waals surface area contributed by atoms with E-state index in [1.807, 2.05) is 25.3 Å². The molecule has 1 aromatic heterocycles. The highest BCUT2D eigenvalue weighted by Gasteiger charge is 2.45. The molecule has 0 spiro atoms. The molecule has 2 N–H and O–H groups in total. The van der Waals surface area contributed by atoms with Crippen LogP contribution in [0.4, 0.5) is 11.4 Å². The number of rotatable bonds is 5. The summed E-state index contributed by atoms with van der Waals surface area (Å²) in [5.74, 6) is 0.531. The van der Waals surface area contributed by atoms with Crippen molar-refractivity contribution in [1.82, 2.24) is 0 Å².